The number of anilines is 1. The van der Waals surface area contributed by atoms with Gasteiger partial charge in [0.1, 0.15) is 11.1 Å². The van der Waals surface area contributed by atoms with Crippen LogP contribution in [0.2, 0.25) is 0 Å². The van der Waals surface area contributed by atoms with Gasteiger partial charge in [0.2, 0.25) is 5.91 Å². The van der Waals surface area contributed by atoms with Crippen LogP contribution in [0, 0.1) is 34.5 Å². The first kappa shape index (κ1) is 16.1. The van der Waals surface area contributed by atoms with Crippen molar-refractivity contribution in [3.63, 3.8) is 0 Å². The van der Waals surface area contributed by atoms with Crippen molar-refractivity contribution in [3.8, 4) is 6.07 Å². The standard InChI is InChI=1S/C19H25N3OS/c1-22(11-17(23)21-18-16(10-20)2-3-24-18)12-19-7-13-4-14(8-19)6-15(5-13)9-19/h2-3,13-15H,4-9,11-12H2,1H3,(H,21,23). The van der Waals surface area contributed by atoms with Gasteiger partial charge in [-0.2, -0.15) is 5.26 Å². The van der Waals surface area contributed by atoms with E-state index in [-0.39, 0.29) is 5.91 Å². The molecule has 4 saturated carbocycles. The summed E-state index contributed by atoms with van der Waals surface area (Å²) in [6, 6.07) is 3.87. The number of carbonyl (C=O) groups excluding carboxylic acids is 1. The Morgan fingerprint density at radius 3 is 2.54 bits per heavy atom. The van der Waals surface area contributed by atoms with Gasteiger partial charge in [0.05, 0.1) is 12.1 Å². The van der Waals surface area contributed by atoms with Crippen LogP contribution in [0.5, 0.6) is 0 Å². The van der Waals surface area contributed by atoms with Crippen molar-refractivity contribution in [2.75, 3.05) is 25.5 Å². The number of nitrogens with zero attached hydrogens (tertiary/aromatic N) is 2. The molecule has 1 aromatic rings. The molecule has 0 aliphatic heterocycles. The zero-order valence-corrected chi connectivity index (χ0v) is 15.1. The Hall–Kier alpha value is -1.38. The van der Waals surface area contributed by atoms with Crippen LogP contribution >= 0.6 is 11.3 Å². The maximum atomic E-state index is 12.3. The fourth-order valence-corrected chi connectivity index (χ4v) is 6.77. The summed E-state index contributed by atoms with van der Waals surface area (Å²) >= 11 is 1.41. The molecular weight excluding hydrogens is 318 g/mol. The zero-order valence-electron chi connectivity index (χ0n) is 14.3. The molecule has 4 bridgehead atoms. The predicted molar refractivity (Wildman–Crippen MR) is 95.8 cm³/mol. The second kappa shape index (κ2) is 6.16. The maximum Gasteiger partial charge on any atom is 0.239 e. The lowest BCUT2D eigenvalue weighted by Gasteiger charge is -2.57. The molecule has 24 heavy (non-hydrogen) atoms. The molecule has 1 heterocycles. The molecule has 0 spiro atoms. The van der Waals surface area contributed by atoms with E-state index in [4.69, 9.17) is 5.26 Å². The summed E-state index contributed by atoms with van der Waals surface area (Å²) in [7, 11) is 2.07. The van der Waals surface area contributed by atoms with Gasteiger partial charge in [0, 0.05) is 6.54 Å². The third-order valence-corrected chi connectivity index (χ3v) is 7.05. The fourth-order valence-electron chi connectivity index (χ4n) is 6.02. The minimum atomic E-state index is -0.0128. The second-order valence-corrected chi connectivity index (χ2v) is 9.33. The van der Waals surface area contributed by atoms with Crippen LogP contribution < -0.4 is 5.32 Å². The van der Waals surface area contributed by atoms with Crippen molar-refractivity contribution >= 4 is 22.2 Å². The van der Waals surface area contributed by atoms with Gasteiger partial charge < -0.3 is 5.32 Å². The van der Waals surface area contributed by atoms with E-state index >= 15 is 0 Å². The number of thiophene rings is 1. The third-order valence-electron chi connectivity index (χ3n) is 6.22. The van der Waals surface area contributed by atoms with Crippen LogP contribution in [0.1, 0.15) is 44.1 Å². The summed E-state index contributed by atoms with van der Waals surface area (Å²) in [4.78, 5) is 14.5. The van der Waals surface area contributed by atoms with Gasteiger partial charge in [0.25, 0.3) is 0 Å². The van der Waals surface area contributed by atoms with Gasteiger partial charge in [-0.1, -0.05) is 0 Å². The average Bonchev–Trinajstić information content (AvgIpc) is 2.91. The van der Waals surface area contributed by atoms with E-state index in [2.05, 4.69) is 23.3 Å². The van der Waals surface area contributed by atoms with Crippen molar-refractivity contribution in [3.05, 3.63) is 17.0 Å². The van der Waals surface area contributed by atoms with Gasteiger partial charge in [-0.15, -0.1) is 11.3 Å². The van der Waals surface area contributed by atoms with E-state index in [1.54, 1.807) is 6.07 Å². The van der Waals surface area contributed by atoms with Crippen LogP contribution in [0.25, 0.3) is 0 Å². The minimum absolute atomic E-state index is 0.0128. The summed E-state index contributed by atoms with van der Waals surface area (Å²) < 4.78 is 0. The molecule has 128 valence electrons. The Kier molecular flexibility index (Phi) is 4.14. The highest BCUT2D eigenvalue weighted by Gasteiger charge is 2.51. The second-order valence-electron chi connectivity index (χ2n) is 8.41. The van der Waals surface area contributed by atoms with Crippen molar-refractivity contribution in [1.29, 1.82) is 5.26 Å². The van der Waals surface area contributed by atoms with Crippen LogP contribution in [-0.2, 0) is 4.79 Å². The highest BCUT2D eigenvalue weighted by atomic mass is 32.1. The molecule has 0 saturated heterocycles. The van der Waals surface area contributed by atoms with Crippen LogP contribution in [0.3, 0.4) is 0 Å². The number of amides is 1. The van der Waals surface area contributed by atoms with E-state index in [9.17, 15) is 4.79 Å². The topological polar surface area (TPSA) is 56.1 Å². The van der Waals surface area contributed by atoms with E-state index in [1.807, 2.05) is 5.38 Å². The molecule has 5 rings (SSSR count). The Labute approximate surface area is 147 Å². The molecule has 1 amide bonds. The monoisotopic (exact) mass is 343 g/mol. The number of hydrogen-bond donors (Lipinski definition) is 1. The lowest BCUT2D eigenvalue weighted by atomic mass is 9.49. The molecule has 0 atom stereocenters. The Balaban J connectivity index is 1.34. The van der Waals surface area contributed by atoms with E-state index < -0.39 is 0 Å². The quantitative estimate of drug-likeness (QED) is 0.887. The molecule has 1 aromatic heterocycles. The number of carbonyl (C=O) groups is 1. The average molecular weight is 343 g/mol. The normalized spacial score (nSPS) is 33.6. The molecule has 5 heteroatoms. The van der Waals surface area contributed by atoms with Crippen molar-refractivity contribution < 1.29 is 4.79 Å². The molecular formula is C19H25N3OS. The first-order chi connectivity index (χ1) is 11.5. The molecule has 4 aliphatic rings. The molecule has 0 aromatic carbocycles. The Morgan fingerprint density at radius 2 is 1.96 bits per heavy atom. The summed E-state index contributed by atoms with van der Waals surface area (Å²) in [5.41, 5.74) is 1.02. The first-order valence-corrected chi connectivity index (χ1v) is 9.89. The Morgan fingerprint density at radius 1 is 1.33 bits per heavy atom. The van der Waals surface area contributed by atoms with E-state index in [1.165, 1.54) is 49.9 Å². The van der Waals surface area contributed by atoms with Gasteiger partial charge >= 0.3 is 0 Å². The van der Waals surface area contributed by atoms with E-state index in [0.29, 0.717) is 22.5 Å². The molecule has 1 N–H and O–H groups in total. The smallest absolute Gasteiger partial charge is 0.239 e. The first-order valence-electron chi connectivity index (χ1n) is 9.01. The zero-order chi connectivity index (χ0) is 16.7. The maximum absolute atomic E-state index is 12.3. The minimum Gasteiger partial charge on any atom is -0.315 e. The lowest BCUT2D eigenvalue weighted by molar-refractivity contribution is -0.118. The summed E-state index contributed by atoms with van der Waals surface area (Å²) in [5.74, 6) is 2.83. The van der Waals surface area contributed by atoms with Gasteiger partial charge in [-0.05, 0) is 80.2 Å². The fraction of sp³-hybridized carbons (Fsp3) is 0.684. The van der Waals surface area contributed by atoms with Crippen molar-refractivity contribution in [2.45, 2.75) is 38.5 Å². The summed E-state index contributed by atoms with van der Waals surface area (Å²) in [6.07, 6.45) is 8.48. The highest BCUT2D eigenvalue weighted by Crippen LogP contribution is 2.60. The third kappa shape index (κ3) is 3.10. The number of likely N-dealkylation sites (N-methyl/N-ethyl adjacent to an activating group) is 1. The van der Waals surface area contributed by atoms with Crippen LogP contribution in [0.4, 0.5) is 5.00 Å². The summed E-state index contributed by atoms with van der Waals surface area (Å²) in [6.45, 7) is 1.45. The molecule has 0 radical (unpaired) electrons. The SMILES string of the molecule is CN(CC(=O)Nc1sccc1C#N)CC12CC3CC(CC(C3)C1)C2. The number of hydrogen-bond acceptors (Lipinski definition) is 4. The largest absolute Gasteiger partial charge is 0.315 e. The van der Waals surface area contributed by atoms with Gasteiger partial charge in [-0.3, -0.25) is 9.69 Å². The van der Waals surface area contributed by atoms with Crippen LogP contribution in [0.15, 0.2) is 11.4 Å². The highest BCUT2D eigenvalue weighted by molar-refractivity contribution is 7.14. The van der Waals surface area contributed by atoms with Crippen LogP contribution in [-0.4, -0.2) is 30.9 Å². The van der Waals surface area contributed by atoms with Crippen molar-refractivity contribution in [2.24, 2.45) is 23.2 Å². The molecule has 0 unspecified atom stereocenters. The molecule has 4 fully saturated rings. The Bertz CT molecular complexity index is 639. The van der Waals surface area contributed by atoms with Gasteiger partial charge in [-0.25, -0.2) is 0 Å². The number of rotatable bonds is 5. The molecule has 4 nitrogen and oxygen atoms in total. The van der Waals surface area contributed by atoms with Crippen molar-refractivity contribution in [1.82, 2.24) is 4.90 Å². The van der Waals surface area contributed by atoms with E-state index in [0.717, 1.165) is 24.3 Å². The van der Waals surface area contributed by atoms with Gasteiger partial charge in [0.15, 0.2) is 0 Å². The number of nitriles is 1. The summed E-state index contributed by atoms with van der Waals surface area (Å²) in [5, 5.41) is 14.4. The molecule has 4 aliphatic carbocycles. The predicted octanol–water partition coefficient (Wildman–Crippen LogP) is 3.71. The lowest BCUT2D eigenvalue weighted by Crippen LogP contribution is -2.51. The number of nitrogens with one attached hydrogen (secondary N) is 1.